The third-order valence-electron chi connectivity index (χ3n) is 11.6. The molecule has 0 heterocycles. The smallest absolute Gasteiger partial charge is 0.203 e. The molecular weight excluding hydrogens is 673 g/mol. The second kappa shape index (κ2) is 42.2. The fourth-order valence-electron chi connectivity index (χ4n) is 7.89. The zero-order valence-corrected chi connectivity index (χ0v) is 37.8. The minimum Gasteiger partial charge on any atom is -0.490 e. The Morgan fingerprint density at radius 1 is 0.291 bits per heavy atom. The van der Waals surface area contributed by atoms with Gasteiger partial charge in [-0.3, -0.25) is 0 Å². The van der Waals surface area contributed by atoms with E-state index < -0.39 is 0 Å². The van der Waals surface area contributed by atoms with Crippen molar-refractivity contribution in [3.05, 3.63) is 24.6 Å². The van der Waals surface area contributed by atoms with Crippen molar-refractivity contribution in [1.29, 1.82) is 0 Å². The standard InChI is InChI=1S/C52H97O3/c1-5-8-11-14-17-20-23-26-29-32-35-38-41-44-53-50-47-49(4)48-51(54-45-42-39-36-33-30-27-24-21-18-15-12-9-6-2)52(50)55-46-43-40-37-34-31-28-25-22-19-16-13-10-7-3/h47-48H,4-46H2,1-3H3. The molecule has 0 atom stereocenters. The largest absolute Gasteiger partial charge is 0.490 e. The zero-order valence-electron chi connectivity index (χ0n) is 37.8. The molecule has 0 fully saturated rings. The van der Waals surface area contributed by atoms with Gasteiger partial charge in [0.05, 0.1) is 19.8 Å². The normalized spacial score (nSPS) is 11.4. The van der Waals surface area contributed by atoms with Crippen LogP contribution in [-0.4, -0.2) is 19.8 Å². The van der Waals surface area contributed by atoms with E-state index in [1.165, 1.54) is 231 Å². The highest BCUT2D eigenvalue weighted by Gasteiger charge is 2.15. The van der Waals surface area contributed by atoms with E-state index in [-0.39, 0.29) is 0 Å². The highest BCUT2D eigenvalue weighted by molar-refractivity contribution is 5.54. The van der Waals surface area contributed by atoms with Crippen molar-refractivity contribution in [2.45, 2.75) is 271 Å². The predicted molar refractivity (Wildman–Crippen MR) is 244 cm³/mol. The number of rotatable bonds is 45. The summed E-state index contributed by atoms with van der Waals surface area (Å²) in [6.07, 6.45) is 53.0. The van der Waals surface area contributed by atoms with Crippen LogP contribution >= 0.6 is 0 Å². The zero-order chi connectivity index (χ0) is 39.5. The molecule has 0 aliphatic rings. The van der Waals surface area contributed by atoms with Crippen LogP contribution < -0.4 is 14.2 Å². The van der Waals surface area contributed by atoms with Crippen molar-refractivity contribution in [1.82, 2.24) is 0 Å². The molecule has 55 heavy (non-hydrogen) atoms. The van der Waals surface area contributed by atoms with Crippen LogP contribution in [0, 0.1) is 6.92 Å². The van der Waals surface area contributed by atoms with Gasteiger partial charge in [0.1, 0.15) is 0 Å². The Morgan fingerprint density at radius 2 is 0.491 bits per heavy atom. The lowest BCUT2D eigenvalue weighted by molar-refractivity contribution is 0.234. The topological polar surface area (TPSA) is 27.7 Å². The van der Waals surface area contributed by atoms with Crippen molar-refractivity contribution in [3.63, 3.8) is 0 Å². The summed E-state index contributed by atoms with van der Waals surface area (Å²) < 4.78 is 19.3. The summed E-state index contributed by atoms with van der Waals surface area (Å²) in [4.78, 5) is 0. The fraction of sp³-hybridized carbons (Fsp3) is 0.865. The molecule has 0 N–H and O–H groups in total. The van der Waals surface area contributed by atoms with Crippen LogP contribution in [0.3, 0.4) is 0 Å². The highest BCUT2D eigenvalue weighted by Crippen LogP contribution is 2.39. The van der Waals surface area contributed by atoms with Crippen LogP contribution in [0.2, 0.25) is 0 Å². The van der Waals surface area contributed by atoms with Crippen molar-refractivity contribution in [2.24, 2.45) is 0 Å². The minimum absolute atomic E-state index is 0.721. The number of hydrogen-bond donors (Lipinski definition) is 0. The van der Waals surface area contributed by atoms with Gasteiger partial charge in [0.25, 0.3) is 0 Å². The van der Waals surface area contributed by atoms with Crippen LogP contribution in [0.15, 0.2) is 12.1 Å². The molecule has 0 bridgehead atoms. The van der Waals surface area contributed by atoms with Crippen molar-refractivity contribution < 1.29 is 14.2 Å². The molecule has 1 aromatic carbocycles. The van der Waals surface area contributed by atoms with E-state index in [2.05, 4.69) is 39.8 Å². The van der Waals surface area contributed by atoms with E-state index in [1.54, 1.807) is 0 Å². The lowest BCUT2D eigenvalue weighted by Crippen LogP contribution is -2.06. The maximum absolute atomic E-state index is 6.48. The molecule has 0 aromatic heterocycles. The van der Waals surface area contributed by atoms with E-state index >= 15 is 0 Å². The van der Waals surface area contributed by atoms with Gasteiger partial charge in [-0.15, -0.1) is 0 Å². The Labute approximate surface area is 346 Å². The first kappa shape index (κ1) is 51.6. The molecule has 1 rings (SSSR count). The summed E-state index contributed by atoms with van der Waals surface area (Å²) in [5, 5.41) is 0. The van der Waals surface area contributed by atoms with E-state index in [0.29, 0.717) is 0 Å². The molecule has 0 saturated carbocycles. The van der Waals surface area contributed by atoms with E-state index in [1.807, 2.05) is 0 Å². The number of unbranched alkanes of at least 4 members (excludes halogenated alkanes) is 36. The lowest BCUT2D eigenvalue weighted by Gasteiger charge is -2.18. The van der Waals surface area contributed by atoms with Gasteiger partial charge in [-0.25, -0.2) is 0 Å². The summed E-state index contributed by atoms with van der Waals surface area (Å²) in [6, 6.07) is 4.11. The van der Waals surface area contributed by atoms with Gasteiger partial charge in [0.15, 0.2) is 11.5 Å². The third-order valence-corrected chi connectivity index (χ3v) is 11.6. The lowest BCUT2D eigenvalue weighted by atomic mass is 10.0. The fourth-order valence-corrected chi connectivity index (χ4v) is 7.89. The van der Waals surface area contributed by atoms with Crippen LogP contribution in [0.5, 0.6) is 17.2 Å². The Morgan fingerprint density at radius 3 is 0.727 bits per heavy atom. The van der Waals surface area contributed by atoms with Crippen molar-refractivity contribution in [3.8, 4) is 17.2 Å². The molecule has 3 heteroatoms. The monoisotopic (exact) mass is 770 g/mol. The van der Waals surface area contributed by atoms with E-state index in [4.69, 9.17) is 14.2 Å². The SMILES string of the molecule is [CH2]c1cc(OCCCCCCCCCCCCCCC)c(OCCCCCCCCCCCCCCC)c(OCCCCCCCCCCCCCCC)c1. The van der Waals surface area contributed by atoms with Crippen LogP contribution in [0.4, 0.5) is 0 Å². The minimum atomic E-state index is 0.721. The second-order valence-corrected chi connectivity index (χ2v) is 17.2. The average Bonchev–Trinajstić information content (AvgIpc) is 3.18. The van der Waals surface area contributed by atoms with Gasteiger partial charge in [-0.2, -0.15) is 0 Å². The molecule has 0 spiro atoms. The first-order chi connectivity index (χ1) is 27.2. The van der Waals surface area contributed by atoms with E-state index in [9.17, 15) is 0 Å². The Bertz CT molecular complexity index is 844. The van der Waals surface area contributed by atoms with Gasteiger partial charge in [-0.05, 0) is 43.9 Å². The predicted octanol–water partition coefficient (Wildman–Crippen LogP) is 18.3. The molecular formula is C52H97O3. The molecule has 0 aliphatic heterocycles. The van der Waals surface area contributed by atoms with Crippen molar-refractivity contribution >= 4 is 0 Å². The van der Waals surface area contributed by atoms with Gasteiger partial charge in [-0.1, -0.05) is 252 Å². The number of hydrogen-bond acceptors (Lipinski definition) is 3. The van der Waals surface area contributed by atoms with Crippen LogP contribution in [0.25, 0.3) is 0 Å². The van der Waals surface area contributed by atoms with Gasteiger partial charge in [0, 0.05) is 0 Å². The number of benzene rings is 1. The molecule has 0 aliphatic carbocycles. The Balaban J connectivity index is 2.40. The molecule has 1 aromatic rings. The van der Waals surface area contributed by atoms with Gasteiger partial charge < -0.3 is 14.2 Å². The first-order valence-electron chi connectivity index (χ1n) is 25.1. The summed E-state index contributed by atoms with van der Waals surface area (Å²) >= 11 is 0. The molecule has 0 unspecified atom stereocenters. The van der Waals surface area contributed by atoms with Crippen LogP contribution in [-0.2, 0) is 0 Å². The molecule has 0 amide bonds. The Hall–Kier alpha value is -1.38. The van der Waals surface area contributed by atoms with Gasteiger partial charge >= 0.3 is 0 Å². The Kier molecular flexibility index (Phi) is 39.7. The summed E-state index contributed by atoms with van der Waals surface area (Å²) in [5.41, 5.74) is 0.939. The van der Waals surface area contributed by atoms with E-state index in [0.717, 1.165) is 61.9 Å². The maximum Gasteiger partial charge on any atom is 0.203 e. The molecule has 3 nitrogen and oxygen atoms in total. The summed E-state index contributed by atoms with van der Waals surface area (Å²) in [7, 11) is 0. The summed E-state index contributed by atoms with van der Waals surface area (Å²) in [6.45, 7) is 13.4. The molecule has 0 saturated heterocycles. The first-order valence-corrected chi connectivity index (χ1v) is 25.1. The van der Waals surface area contributed by atoms with Gasteiger partial charge in [0.2, 0.25) is 5.75 Å². The van der Waals surface area contributed by atoms with Crippen LogP contribution in [0.1, 0.15) is 277 Å². The number of ether oxygens (including phenoxy) is 3. The molecule has 1 radical (unpaired) electrons. The highest BCUT2D eigenvalue weighted by atomic mass is 16.5. The third kappa shape index (κ3) is 34.4. The maximum atomic E-state index is 6.48. The summed E-state index contributed by atoms with van der Waals surface area (Å²) in [5.74, 6) is 2.44. The van der Waals surface area contributed by atoms with Crippen molar-refractivity contribution in [2.75, 3.05) is 19.8 Å². The second-order valence-electron chi connectivity index (χ2n) is 17.2. The molecule has 323 valence electrons. The quantitative estimate of drug-likeness (QED) is 0.0618. The average molecular weight is 770 g/mol.